The van der Waals surface area contributed by atoms with Gasteiger partial charge in [0.2, 0.25) is 0 Å². The minimum Gasteiger partial charge on any atom is -0.389 e. The van der Waals surface area contributed by atoms with E-state index in [1.165, 1.54) is 4.90 Å². The quantitative estimate of drug-likeness (QED) is 0.515. The lowest BCUT2D eigenvalue weighted by Crippen LogP contribution is -2.02. The molecule has 2 rings (SSSR count). The van der Waals surface area contributed by atoms with Crippen molar-refractivity contribution in [3.05, 3.63) is 53.6 Å². The predicted octanol–water partition coefficient (Wildman–Crippen LogP) is 4.94. The van der Waals surface area contributed by atoms with Crippen molar-refractivity contribution >= 4 is 17.5 Å². The first-order valence-corrected chi connectivity index (χ1v) is 9.48. The van der Waals surface area contributed by atoms with Gasteiger partial charge < -0.3 is 5.11 Å². The van der Waals surface area contributed by atoms with Crippen LogP contribution in [0.1, 0.15) is 45.4 Å². The Morgan fingerprint density at radius 1 is 1.22 bits per heavy atom. The molecule has 124 valence electrons. The summed E-state index contributed by atoms with van der Waals surface area (Å²) in [6, 6.07) is 10.2. The maximum atomic E-state index is 12.1. The molecule has 23 heavy (non-hydrogen) atoms. The van der Waals surface area contributed by atoms with E-state index in [9.17, 15) is 9.90 Å². The zero-order valence-corrected chi connectivity index (χ0v) is 14.6. The smallest absolute Gasteiger partial charge is 0.160 e. The number of carbonyl (C=O) groups is 1. The number of benzene rings is 1. The Kier molecular flexibility index (Phi) is 7.63. The number of aliphatic hydroxyl groups excluding tert-OH is 1. The molecule has 1 aromatic carbocycles. The summed E-state index contributed by atoms with van der Waals surface area (Å²) in [5.74, 6) is 0.975. The Morgan fingerprint density at radius 3 is 2.74 bits per heavy atom. The van der Waals surface area contributed by atoms with Gasteiger partial charge in [-0.1, -0.05) is 56.5 Å². The number of carbonyl (C=O) groups excluding carboxylic acids is 1. The van der Waals surface area contributed by atoms with E-state index in [2.05, 4.69) is 19.1 Å². The fraction of sp³-hybridized carbons (Fsp3) is 0.450. The average molecular weight is 330 g/mol. The summed E-state index contributed by atoms with van der Waals surface area (Å²) in [5.41, 5.74) is 2.03. The molecule has 1 aliphatic rings. The molecule has 0 aliphatic heterocycles. The topological polar surface area (TPSA) is 37.3 Å². The largest absolute Gasteiger partial charge is 0.389 e. The van der Waals surface area contributed by atoms with E-state index in [4.69, 9.17) is 0 Å². The lowest BCUT2D eigenvalue weighted by atomic mass is 10.1. The second-order valence-electron chi connectivity index (χ2n) is 5.95. The van der Waals surface area contributed by atoms with E-state index in [-0.39, 0.29) is 5.78 Å². The lowest BCUT2D eigenvalue weighted by molar-refractivity contribution is -0.114. The van der Waals surface area contributed by atoms with Gasteiger partial charge in [0.1, 0.15) is 0 Å². The van der Waals surface area contributed by atoms with Crippen molar-refractivity contribution in [2.45, 2.75) is 56.4 Å². The average Bonchev–Trinajstić information content (AvgIpc) is 2.92. The monoisotopic (exact) mass is 330 g/mol. The standard InChI is InChI=1S/C20H26O2S/c1-2-3-5-8-17(21)13-11-16-12-14-20(22)19(16)15-23-18-9-6-4-7-10-18/h4,6-7,9-11,13,17,21H,2-3,5,8,12,14-15H2,1H3/b13-11+. The van der Waals surface area contributed by atoms with Crippen LogP contribution in [0.5, 0.6) is 0 Å². The van der Waals surface area contributed by atoms with Gasteiger partial charge in [0, 0.05) is 22.6 Å². The Morgan fingerprint density at radius 2 is 2.00 bits per heavy atom. The maximum Gasteiger partial charge on any atom is 0.160 e. The van der Waals surface area contributed by atoms with Gasteiger partial charge in [0.05, 0.1) is 6.10 Å². The van der Waals surface area contributed by atoms with Gasteiger partial charge in [-0.15, -0.1) is 11.8 Å². The summed E-state index contributed by atoms with van der Waals surface area (Å²) in [6.45, 7) is 2.16. The Bertz CT molecular complexity index is 560. The summed E-state index contributed by atoms with van der Waals surface area (Å²) < 4.78 is 0. The number of unbranched alkanes of at least 4 members (excludes halogenated alkanes) is 2. The van der Waals surface area contributed by atoms with E-state index in [0.717, 1.165) is 43.3 Å². The highest BCUT2D eigenvalue weighted by atomic mass is 32.2. The molecular weight excluding hydrogens is 304 g/mol. The Hall–Kier alpha value is -1.32. The molecule has 1 unspecified atom stereocenters. The molecule has 1 aromatic rings. The molecule has 0 heterocycles. The molecule has 0 spiro atoms. The number of rotatable bonds is 9. The summed E-state index contributed by atoms with van der Waals surface area (Å²) >= 11 is 1.70. The fourth-order valence-electron chi connectivity index (χ4n) is 2.69. The van der Waals surface area contributed by atoms with Crippen LogP contribution in [0.4, 0.5) is 0 Å². The van der Waals surface area contributed by atoms with Gasteiger partial charge >= 0.3 is 0 Å². The predicted molar refractivity (Wildman–Crippen MR) is 97.7 cm³/mol. The van der Waals surface area contributed by atoms with Crippen molar-refractivity contribution in [3.63, 3.8) is 0 Å². The van der Waals surface area contributed by atoms with Gasteiger partial charge in [-0.25, -0.2) is 0 Å². The number of aliphatic hydroxyl groups is 1. The number of hydrogen-bond donors (Lipinski definition) is 1. The van der Waals surface area contributed by atoms with E-state index in [0.29, 0.717) is 12.2 Å². The highest BCUT2D eigenvalue weighted by Gasteiger charge is 2.21. The van der Waals surface area contributed by atoms with Crippen LogP contribution in [-0.2, 0) is 4.79 Å². The summed E-state index contributed by atoms with van der Waals surface area (Å²) in [7, 11) is 0. The fourth-order valence-corrected chi connectivity index (χ4v) is 3.69. The second-order valence-corrected chi connectivity index (χ2v) is 7.00. The normalized spacial score (nSPS) is 16.5. The lowest BCUT2D eigenvalue weighted by Gasteiger charge is -2.06. The molecule has 0 amide bonds. The molecular formula is C20H26O2S. The van der Waals surface area contributed by atoms with Crippen LogP contribution >= 0.6 is 11.8 Å². The zero-order chi connectivity index (χ0) is 16.5. The summed E-state index contributed by atoms with van der Waals surface area (Å²) in [5, 5.41) is 10.00. The van der Waals surface area contributed by atoms with Crippen LogP contribution in [-0.4, -0.2) is 22.7 Å². The van der Waals surface area contributed by atoms with Crippen LogP contribution in [0.15, 0.2) is 58.5 Å². The first-order valence-electron chi connectivity index (χ1n) is 8.50. The SMILES string of the molecule is CCCCCC(O)/C=C/C1=C(CSc2ccccc2)C(=O)CC1. The Balaban J connectivity index is 1.93. The molecule has 0 saturated heterocycles. The van der Waals surface area contributed by atoms with Crippen LogP contribution in [0.3, 0.4) is 0 Å². The molecule has 0 radical (unpaired) electrons. The molecule has 0 aromatic heterocycles. The van der Waals surface area contributed by atoms with Crippen LogP contribution < -0.4 is 0 Å². The first kappa shape index (κ1) is 18.0. The number of allylic oxidation sites excluding steroid dienone is 2. The highest BCUT2D eigenvalue weighted by molar-refractivity contribution is 7.99. The number of ketones is 1. The van der Waals surface area contributed by atoms with E-state index in [1.807, 2.05) is 30.4 Å². The van der Waals surface area contributed by atoms with Crippen molar-refractivity contribution in [2.75, 3.05) is 5.75 Å². The number of Topliss-reactive ketones (excluding diaryl/α,β-unsaturated/α-hetero) is 1. The van der Waals surface area contributed by atoms with E-state index in [1.54, 1.807) is 11.8 Å². The number of thioether (sulfide) groups is 1. The van der Waals surface area contributed by atoms with Gasteiger partial charge in [0.15, 0.2) is 5.78 Å². The van der Waals surface area contributed by atoms with Crippen molar-refractivity contribution in [1.29, 1.82) is 0 Å². The molecule has 2 nitrogen and oxygen atoms in total. The molecule has 3 heteroatoms. The van der Waals surface area contributed by atoms with Gasteiger partial charge in [-0.2, -0.15) is 0 Å². The first-order chi connectivity index (χ1) is 11.2. The van der Waals surface area contributed by atoms with Gasteiger partial charge in [-0.3, -0.25) is 4.79 Å². The minimum absolute atomic E-state index is 0.258. The molecule has 0 fully saturated rings. The third-order valence-corrected chi connectivity index (χ3v) is 5.13. The van der Waals surface area contributed by atoms with E-state index >= 15 is 0 Å². The molecule has 1 atom stereocenters. The van der Waals surface area contributed by atoms with Crippen LogP contribution in [0, 0.1) is 0 Å². The van der Waals surface area contributed by atoms with Gasteiger partial charge in [0.25, 0.3) is 0 Å². The van der Waals surface area contributed by atoms with Crippen molar-refractivity contribution in [2.24, 2.45) is 0 Å². The molecule has 0 bridgehead atoms. The van der Waals surface area contributed by atoms with Crippen LogP contribution in [0.25, 0.3) is 0 Å². The second kappa shape index (κ2) is 9.74. The Labute approximate surface area is 143 Å². The third-order valence-electron chi connectivity index (χ3n) is 4.09. The number of hydrogen-bond acceptors (Lipinski definition) is 3. The van der Waals surface area contributed by atoms with Crippen molar-refractivity contribution in [3.8, 4) is 0 Å². The molecule has 1 aliphatic carbocycles. The van der Waals surface area contributed by atoms with Crippen molar-refractivity contribution < 1.29 is 9.90 Å². The minimum atomic E-state index is -0.396. The van der Waals surface area contributed by atoms with Crippen molar-refractivity contribution in [1.82, 2.24) is 0 Å². The van der Waals surface area contributed by atoms with Crippen LogP contribution in [0.2, 0.25) is 0 Å². The van der Waals surface area contributed by atoms with E-state index < -0.39 is 6.10 Å². The zero-order valence-electron chi connectivity index (χ0n) is 13.8. The van der Waals surface area contributed by atoms with Gasteiger partial charge in [-0.05, 0) is 30.5 Å². The molecule has 1 N–H and O–H groups in total. The maximum absolute atomic E-state index is 12.1. The summed E-state index contributed by atoms with van der Waals surface area (Å²) in [6.07, 6.45) is 9.03. The molecule has 0 saturated carbocycles. The highest BCUT2D eigenvalue weighted by Crippen LogP contribution is 2.29. The summed E-state index contributed by atoms with van der Waals surface area (Å²) in [4.78, 5) is 13.3. The third kappa shape index (κ3) is 6.00.